The fourth-order valence-corrected chi connectivity index (χ4v) is 0.952. The molecular formula is C10H11NO4. The number of ether oxygens (including phenoxy) is 1. The van der Waals surface area contributed by atoms with Crippen LogP contribution in [0, 0.1) is 0 Å². The van der Waals surface area contributed by atoms with Crippen molar-refractivity contribution in [3.8, 4) is 0 Å². The zero-order valence-electron chi connectivity index (χ0n) is 7.97. The number of hydrogen-bond donors (Lipinski definition) is 2. The molecule has 0 saturated heterocycles. The monoisotopic (exact) mass is 209 g/mol. The van der Waals surface area contributed by atoms with Gasteiger partial charge in [0.2, 0.25) is 0 Å². The number of carbonyl (C=O) groups excluding carboxylic acids is 1. The van der Waals surface area contributed by atoms with Gasteiger partial charge in [0, 0.05) is 5.69 Å². The van der Waals surface area contributed by atoms with Crippen molar-refractivity contribution in [3.63, 3.8) is 0 Å². The number of carboxylic acids is 1. The zero-order chi connectivity index (χ0) is 11.3. The normalized spacial score (nSPS) is 9.60. The molecule has 0 bridgehead atoms. The van der Waals surface area contributed by atoms with Gasteiger partial charge in [-0.05, 0) is 17.7 Å². The molecule has 1 aromatic rings. The van der Waals surface area contributed by atoms with Gasteiger partial charge in [0.25, 0.3) is 0 Å². The van der Waals surface area contributed by atoms with Gasteiger partial charge in [0.1, 0.15) is 13.0 Å². The summed E-state index contributed by atoms with van der Waals surface area (Å²) >= 11 is 0. The Morgan fingerprint density at radius 3 is 2.40 bits per heavy atom. The van der Waals surface area contributed by atoms with Crippen LogP contribution >= 0.6 is 0 Å². The van der Waals surface area contributed by atoms with Crippen LogP contribution in [-0.2, 0) is 20.9 Å². The van der Waals surface area contributed by atoms with Crippen LogP contribution in [0.4, 0.5) is 5.69 Å². The fraction of sp³-hybridized carbons (Fsp3) is 0.200. The maximum atomic E-state index is 10.9. The summed E-state index contributed by atoms with van der Waals surface area (Å²) < 4.78 is 4.72. The molecule has 0 aliphatic rings. The third kappa shape index (κ3) is 4.12. The van der Waals surface area contributed by atoms with Crippen molar-refractivity contribution in [2.24, 2.45) is 0 Å². The van der Waals surface area contributed by atoms with E-state index in [1.165, 1.54) is 0 Å². The quantitative estimate of drug-likeness (QED) is 0.434. The van der Waals surface area contributed by atoms with Crippen molar-refractivity contribution >= 4 is 17.6 Å². The number of aliphatic carboxylic acids is 1. The molecule has 0 amide bonds. The van der Waals surface area contributed by atoms with Crippen molar-refractivity contribution in [2.75, 3.05) is 5.73 Å². The highest BCUT2D eigenvalue weighted by Crippen LogP contribution is 2.06. The average Bonchev–Trinajstić information content (AvgIpc) is 2.16. The second-order valence-electron chi connectivity index (χ2n) is 2.97. The predicted octanol–water partition coefficient (Wildman–Crippen LogP) is 0.787. The van der Waals surface area contributed by atoms with Gasteiger partial charge in [0.15, 0.2) is 0 Å². The fourth-order valence-electron chi connectivity index (χ4n) is 0.952. The van der Waals surface area contributed by atoms with E-state index in [4.69, 9.17) is 15.6 Å². The molecule has 0 aromatic heterocycles. The van der Waals surface area contributed by atoms with E-state index >= 15 is 0 Å². The van der Waals surface area contributed by atoms with Gasteiger partial charge < -0.3 is 15.6 Å². The highest BCUT2D eigenvalue weighted by molar-refractivity contribution is 5.90. The molecular weight excluding hydrogens is 198 g/mol. The van der Waals surface area contributed by atoms with Crippen molar-refractivity contribution in [3.05, 3.63) is 29.8 Å². The lowest BCUT2D eigenvalue weighted by Gasteiger charge is -2.03. The Kier molecular flexibility index (Phi) is 3.68. The van der Waals surface area contributed by atoms with Crippen LogP contribution in [-0.4, -0.2) is 17.0 Å². The number of carbonyl (C=O) groups is 2. The third-order valence-electron chi connectivity index (χ3n) is 1.68. The van der Waals surface area contributed by atoms with Crippen LogP contribution in [0.15, 0.2) is 24.3 Å². The van der Waals surface area contributed by atoms with Gasteiger partial charge in [-0.3, -0.25) is 9.59 Å². The molecule has 0 heterocycles. The van der Waals surface area contributed by atoms with E-state index in [9.17, 15) is 9.59 Å². The first-order chi connectivity index (χ1) is 7.08. The zero-order valence-corrected chi connectivity index (χ0v) is 7.97. The lowest BCUT2D eigenvalue weighted by Crippen LogP contribution is -2.10. The number of carboxylic acid groups (broad SMARTS) is 1. The molecule has 0 fully saturated rings. The molecule has 3 N–H and O–H groups in total. The SMILES string of the molecule is Nc1ccc(COC(=O)CC(=O)O)cc1. The van der Waals surface area contributed by atoms with E-state index in [-0.39, 0.29) is 6.61 Å². The van der Waals surface area contributed by atoms with Crippen molar-refractivity contribution in [1.29, 1.82) is 0 Å². The number of esters is 1. The Morgan fingerprint density at radius 1 is 1.27 bits per heavy atom. The average molecular weight is 209 g/mol. The summed E-state index contributed by atoms with van der Waals surface area (Å²) in [4.78, 5) is 21.0. The predicted molar refractivity (Wildman–Crippen MR) is 52.9 cm³/mol. The van der Waals surface area contributed by atoms with Crippen LogP contribution in [0.1, 0.15) is 12.0 Å². The topological polar surface area (TPSA) is 89.6 Å². The maximum Gasteiger partial charge on any atom is 0.317 e. The molecule has 15 heavy (non-hydrogen) atoms. The smallest absolute Gasteiger partial charge is 0.317 e. The number of hydrogen-bond acceptors (Lipinski definition) is 4. The van der Waals surface area contributed by atoms with Gasteiger partial charge >= 0.3 is 11.9 Å². The number of nitrogen functional groups attached to an aromatic ring is 1. The van der Waals surface area contributed by atoms with Gasteiger partial charge in [-0.15, -0.1) is 0 Å². The molecule has 0 atom stereocenters. The number of rotatable bonds is 4. The highest BCUT2D eigenvalue weighted by Gasteiger charge is 2.08. The Labute approximate surface area is 86.5 Å². The Balaban J connectivity index is 2.40. The third-order valence-corrected chi connectivity index (χ3v) is 1.68. The summed E-state index contributed by atoms with van der Waals surface area (Å²) in [5, 5.41) is 8.30. The minimum atomic E-state index is -1.20. The first kappa shape index (κ1) is 11.0. The lowest BCUT2D eigenvalue weighted by molar-refractivity contribution is -0.152. The molecule has 1 rings (SSSR count). The Hall–Kier alpha value is -2.04. The van der Waals surface area contributed by atoms with Crippen LogP contribution in [0.3, 0.4) is 0 Å². The second kappa shape index (κ2) is 4.99. The molecule has 0 aliphatic carbocycles. The van der Waals surface area contributed by atoms with Crippen LogP contribution < -0.4 is 5.73 Å². The van der Waals surface area contributed by atoms with Crippen molar-refractivity contribution < 1.29 is 19.4 Å². The van der Waals surface area contributed by atoms with Gasteiger partial charge in [0.05, 0.1) is 0 Å². The van der Waals surface area contributed by atoms with Crippen LogP contribution in [0.2, 0.25) is 0 Å². The van der Waals surface area contributed by atoms with Crippen LogP contribution in [0.5, 0.6) is 0 Å². The van der Waals surface area contributed by atoms with Gasteiger partial charge in [-0.25, -0.2) is 0 Å². The van der Waals surface area contributed by atoms with E-state index in [1.54, 1.807) is 24.3 Å². The highest BCUT2D eigenvalue weighted by atomic mass is 16.5. The minimum Gasteiger partial charge on any atom is -0.481 e. The summed E-state index contributed by atoms with van der Waals surface area (Å²) in [6.45, 7) is 0.0619. The standard InChI is InChI=1S/C10H11NO4/c11-8-3-1-7(2-4-8)6-15-10(14)5-9(12)13/h1-4H,5-6,11H2,(H,12,13). The molecule has 1 aromatic carbocycles. The molecule has 0 saturated carbocycles. The summed E-state index contributed by atoms with van der Waals surface area (Å²) in [6, 6.07) is 6.79. The van der Waals surface area contributed by atoms with E-state index in [0.717, 1.165) is 5.56 Å². The minimum absolute atomic E-state index is 0.0619. The summed E-state index contributed by atoms with van der Waals surface area (Å²) in [7, 11) is 0. The molecule has 5 nitrogen and oxygen atoms in total. The van der Waals surface area contributed by atoms with Crippen molar-refractivity contribution in [2.45, 2.75) is 13.0 Å². The molecule has 0 spiro atoms. The van der Waals surface area contributed by atoms with E-state index < -0.39 is 18.4 Å². The lowest BCUT2D eigenvalue weighted by atomic mass is 10.2. The van der Waals surface area contributed by atoms with E-state index in [2.05, 4.69) is 0 Å². The van der Waals surface area contributed by atoms with Gasteiger partial charge in [-0.1, -0.05) is 12.1 Å². The van der Waals surface area contributed by atoms with E-state index in [1.807, 2.05) is 0 Å². The second-order valence-corrected chi connectivity index (χ2v) is 2.97. The first-order valence-corrected chi connectivity index (χ1v) is 4.30. The summed E-state index contributed by atoms with van der Waals surface area (Å²) in [5.41, 5.74) is 6.85. The molecule has 80 valence electrons. The maximum absolute atomic E-state index is 10.9. The molecule has 0 unspecified atom stereocenters. The summed E-state index contributed by atoms with van der Waals surface area (Å²) in [5.74, 6) is -1.95. The molecule has 0 aliphatic heterocycles. The van der Waals surface area contributed by atoms with Crippen molar-refractivity contribution in [1.82, 2.24) is 0 Å². The summed E-state index contributed by atoms with van der Waals surface area (Å²) in [6.07, 6.45) is -0.616. The Bertz CT molecular complexity index is 358. The first-order valence-electron chi connectivity index (χ1n) is 4.30. The van der Waals surface area contributed by atoms with E-state index in [0.29, 0.717) is 5.69 Å². The molecule has 5 heteroatoms. The number of nitrogens with two attached hydrogens (primary N) is 1. The largest absolute Gasteiger partial charge is 0.481 e. The van der Waals surface area contributed by atoms with Crippen LogP contribution in [0.25, 0.3) is 0 Å². The van der Waals surface area contributed by atoms with Gasteiger partial charge in [-0.2, -0.15) is 0 Å². The number of benzene rings is 1. The Morgan fingerprint density at radius 2 is 1.87 bits per heavy atom. The molecule has 0 radical (unpaired) electrons. The number of anilines is 1.